The number of hydrogen-bond acceptors (Lipinski definition) is 4. The highest BCUT2D eigenvalue weighted by Gasteiger charge is 2.09. The van der Waals surface area contributed by atoms with Gasteiger partial charge in [-0.1, -0.05) is 18.2 Å². The second-order valence-electron chi connectivity index (χ2n) is 4.73. The van der Waals surface area contributed by atoms with E-state index in [-0.39, 0.29) is 11.9 Å². The van der Waals surface area contributed by atoms with Crippen LogP contribution in [0, 0.1) is 0 Å². The lowest BCUT2D eigenvalue weighted by Gasteiger charge is -2.22. The summed E-state index contributed by atoms with van der Waals surface area (Å²) in [6, 6.07) is 9.87. The first-order chi connectivity index (χ1) is 10.2. The Morgan fingerprint density at radius 1 is 1.19 bits per heavy atom. The van der Waals surface area contributed by atoms with Crippen molar-refractivity contribution in [2.24, 2.45) is 0 Å². The first kappa shape index (κ1) is 17.0. The number of amides is 1. The van der Waals surface area contributed by atoms with Crippen molar-refractivity contribution in [1.29, 1.82) is 0 Å². The molecule has 0 aromatic heterocycles. The summed E-state index contributed by atoms with van der Waals surface area (Å²) in [7, 11) is 1.38. The molecule has 1 aromatic carbocycles. The standard InChI is InChI=1S/C16H24N2O3/c1-3-18(14-9-5-4-6-10-14)13-15(19)17-12-8-7-11-16(20)21-2/h4-6,9-10H,3,7-8,11-13H2,1-2H3,(H,17,19). The van der Waals surface area contributed by atoms with Crippen LogP contribution in [-0.2, 0) is 14.3 Å². The molecule has 21 heavy (non-hydrogen) atoms. The van der Waals surface area contributed by atoms with E-state index >= 15 is 0 Å². The quantitative estimate of drug-likeness (QED) is 0.558. The topological polar surface area (TPSA) is 58.6 Å². The third kappa shape index (κ3) is 6.79. The average Bonchev–Trinajstić information content (AvgIpc) is 2.52. The minimum absolute atomic E-state index is 0.00114. The lowest BCUT2D eigenvalue weighted by atomic mass is 10.2. The predicted octanol–water partition coefficient (Wildman–Crippen LogP) is 1.97. The van der Waals surface area contributed by atoms with Crippen LogP contribution in [0.3, 0.4) is 0 Å². The maximum Gasteiger partial charge on any atom is 0.305 e. The van der Waals surface area contributed by atoms with Gasteiger partial charge < -0.3 is 15.0 Å². The third-order valence-electron chi connectivity index (χ3n) is 3.20. The summed E-state index contributed by atoms with van der Waals surface area (Å²) in [5.74, 6) is -0.207. The maximum atomic E-state index is 11.9. The minimum Gasteiger partial charge on any atom is -0.469 e. The van der Waals surface area contributed by atoms with Gasteiger partial charge in [-0.15, -0.1) is 0 Å². The minimum atomic E-state index is -0.206. The van der Waals surface area contributed by atoms with Crippen LogP contribution in [0.2, 0.25) is 0 Å². The van der Waals surface area contributed by atoms with E-state index in [2.05, 4.69) is 10.1 Å². The molecule has 116 valence electrons. The van der Waals surface area contributed by atoms with E-state index in [4.69, 9.17) is 0 Å². The van der Waals surface area contributed by atoms with E-state index in [0.29, 0.717) is 19.5 Å². The maximum absolute atomic E-state index is 11.9. The second-order valence-corrected chi connectivity index (χ2v) is 4.73. The van der Waals surface area contributed by atoms with Gasteiger partial charge in [-0.05, 0) is 31.9 Å². The molecule has 0 aliphatic heterocycles. The van der Waals surface area contributed by atoms with Gasteiger partial charge in [0, 0.05) is 25.2 Å². The number of carbonyl (C=O) groups is 2. The van der Waals surface area contributed by atoms with Crippen LogP contribution in [-0.4, -0.2) is 38.6 Å². The number of hydrogen-bond donors (Lipinski definition) is 1. The molecule has 0 radical (unpaired) electrons. The Balaban J connectivity index is 2.24. The fraction of sp³-hybridized carbons (Fsp3) is 0.500. The monoisotopic (exact) mass is 292 g/mol. The molecular weight excluding hydrogens is 268 g/mol. The highest BCUT2D eigenvalue weighted by Crippen LogP contribution is 2.11. The van der Waals surface area contributed by atoms with E-state index in [9.17, 15) is 9.59 Å². The Morgan fingerprint density at radius 3 is 2.52 bits per heavy atom. The van der Waals surface area contributed by atoms with E-state index in [1.54, 1.807) is 0 Å². The zero-order valence-electron chi connectivity index (χ0n) is 12.8. The van der Waals surface area contributed by atoms with Gasteiger partial charge in [0.05, 0.1) is 13.7 Å². The fourth-order valence-corrected chi connectivity index (χ4v) is 1.98. The molecule has 5 heteroatoms. The highest BCUT2D eigenvalue weighted by molar-refractivity contribution is 5.81. The predicted molar refractivity (Wildman–Crippen MR) is 83.2 cm³/mol. The van der Waals surface area contributed by atoms with Crippen molar-refractivity contribution in [3.8, 4) is 0 Å². The Bertz CT molecular complexity index is 434. The molecule has 0 fully saturated rings. The molecular formula is C16H24N2O3. The largest absolute Gasteiger partial charge is 0.469 e. The van der Waals surface area contributed by atoms with Gasteiger partial charge in [0.15, 0.2) is 0 Å². The van der Waals surface area contributed by atoms with Gasteiger partial charge in [-0.2, -0.15) is 0 Å². The number of anilines is 1. The summed E-state index contributed by atoms with van der Waals surface area (Å²) in [4.78, 5) is 24.8. The summed E-state index contributed by atoms with van der Waals surface area (Å²) in [6.45, 7) is 3.73. The number of methoxy groups -OCH3 is 1. The fourth-order valence-electron chi connectivity index (χ4n) is 1.98. The van der Waals surface area contributed by atoms with Crippen molar-refractivity contribution < 1.29 is 14.3 Å². The summed E-state index contributed by atoms with van der Waals surface area (Å²) in [5, 5.41) is 2.88. The van der Waals surface area contributed by atoms with Crippen molar-refractivity contribution in [2.45, 2.75) is 26.2 Å². The molecule has 1 amide bonds. The average molecular weight is 292 g/mol. The molecule has 0 heterocycles. The van der Waals surface area contributed by atoms with Crippen molar-refractivity contribution in [3.05, 3.63) is 30.3 Å². The SMILES string of the molecule is CCN(CC(=O)NCCCCC(=O)OC)c1ccccc1. The molecule has 0 saturated carbocycles. The molecule has 1 aromatic rings. The molecule has 5 nitrogen and oxygen atoms in total. The number of benzene rings is 1. The van der Waals surface area contributed by atoms with E-state index in [1.807, 2.05) is 42.2 Å². The van der Waals surface area contributed by atoms with Crippen LogP contribution in [0.1, 0.15) is 26.2 Å². The number of likely N-dealkylation sites (N-methyl/N-ethyl adjacent to an activating group) is 1. The molecule has 0 saturated heterocycles. The van der Waals surface area contributed by atoms with Crippen molar-refractivity contribution in [2.75, 3.05) is 31.6 Å². The zero-order valence-corrected chi connectivity index (χ0v) is 12.8. The van der Waals surface area contributed by atoms with Gasteiger partial charge in [0.25, 0.3) is 0 Å². The van der Waals surface area contributed by atoms with Gasteiger partial charge in [-0.3, -0.25) is 9.59 Å². The van der Waals surface area contributed by atoms with Crippen molar-refractivity contribution >= 4 is 17.6 Å². The van der Waals surface area contributed by atoms with E-state index in [1.165, 1.54) is 7.11 Å². The molecule has 0 unspecified atom stereocenters. The summed E-state index contributed by atoms with van der Waals surface area (Å²) in [5.41, 5.74) is 1.04. The first-order valence-corrected chi connectivity index (χ1v) is 7.31. The third-order valence-corrected chi connectivity index (χ3v) is 3.20. The van der Waals surface area contributed by atoms with Crippen molar-refractivity contribution in [1.82, 2.24) is 5.32 Å². The van der Waals surface area contributed by atoms with Gasteiger partial charge in [0.2, 0.25) is 5.91 Å². The molecule has 1 rings (SSSR count). The smallest absolute Gasteiger partial charge is 0.305 e. The Morgan fingerprint density at radius 2 is 1.90 bits per heavy atom. The number of nitrogens with zero attached hydrogens (tertiary/aromatic N) is 1. The normalized spacial score (nSPS) is 10.0. The van der Waals surface area contributed by atoms with Crippen LogP contribution < -0.4 is 10.2 Å². The summed E-state index contributed by atoms with van der Waals surface area (Å²) >= 11 is 0. The number of nitrogens with one attached hydrogen (secondary N) is 1. The Kier molecular flexibility index (Phi) is 7.94. The van der Waals surface area contributed by atoms with Crippen LogP contribution in [0.4, 0.5) is 5.69 Å². The van der Waals surface area contributed by atoms with Crippen LogP contribution in [0.25, 0.3) is 0 Å². The Hall–Kier alpha value is -2.04. The van der Waals surface area contributed by atoms with Gasteiger partial charge in [0.1, 0.15) is 0 Å². The van der Waals surface area contributed by atoms with E-state index in [0.717, 1.165) is 25.1 Å². The van der Waals surface area contributed by atoms with Crippen molar-refractivity contribution in [3.63, 3.8) is 0 Å². The number of para-hydroxylation sites is 1. The number of carbonyl (C=O) groups excluding carboxylic acids is 2. The van der Waals surface area contributed by atoms with E-state index < -0.39 is 0 Å². The summed E-state index contributed by atoms with van der Waals surface area (Å²) < 4.78 is 4.56. The highest BCUT2D eigenvalue weighted by atomic mass is 16.5. The number of esters is 1. The number of unbranched alkanes of at least 4 members (excludes halogenated alkanes) is 1. The van der Waals surface area contributed by atoms with Gasteiger partial charge in [-0.25, -0.2) is 0 Å². The lowest BCUT2D eigenvalue weighted by molar-refractivity contribution is -0.140. The lowest BCUT2D eigenvalue weighted by Crippen LogP contribution is -2.37. The molecule has 1 N–H and O–H groups in total. The molecule has 0 spiro atoms. The molecule has 0 aliphatic carbocycles. The molecule has 0 aliphatic rings. The number of rotatable bonds is 9. The zero-order chi connectivity index (χ0) is 15.5. The van der Waals surface area contributed by atoms with Crippen LogP contribution >= 0.6 is 0 Å². The van der Waals surface area contributed by atoms with Crippen LogP contribution in [0.5, 0.6) is 0 Å². The first-order valence-electron chi connectivity index (χ1n) is 7.31. The van der Waals surface area contributed by atoms with Crippen LogP contribution in [0.15, 0.2) is 30.3 Å². The summed E-state index contributed by atoms with van der Waals surface area (Å²) in [6.07, 6.45) is 1.90. The molecule has 0 atom stereocenters. The molecule has 0 bridgehead atoms. The van der Waals surface area contributed by atoms with Gasteiger partial charge >= 0.3 is 5.97 Å². The second kappa shape index (κ2) is 9.80. The Labute approximate surface area is 126 Å². The number of ether oxygens (including phenoxy) is 1.